The summed E-state index contributed by atoms with van der Waals surface area (Å²) in [4.78, 5) is 4.27. The van der Waals surface area contributed by atoms with E-state index in [0.29, 0.717) is 0 Å². The fourth-order valence-corrected chi connectivity index (χ4v) is 1.77. The largest absolute Gasteiger partial charge is 0.370 e. The molecule has 0 bridgehead atoms. The van der Waals surface area contributed by atoms with Crippen molar-refractivity contribution in [2.75, 3.05) is 25.0 Å². The van der Waals surface area contributed by atoms with E-state index in [4.69, 9.17) is 0 Å². The maximum atomic E-state index is 4.27. The van der Waals surface area contributed by atoms with Gasteiger partial charge < -0.3 is 10.6 Å². The Bertz CT molecular complexity index is 292. The number of aryl methyl sites for hydroxylation is 1. The molecule has 76 valence electrons. The summed E-state index contributed by atoms with van der Waals surface area (Å²) in [5, 5.41) is 6.74. The van der Waals surface area contributed by atoms with E-state index >= 15 is 0 Å². The van der Waals surface area contributed by atoms with Crippen LogP contribution in [0.4, 0.5) is 5.82 Å². The van der Waals surface area contributed by atoms with Gasteiger partial charge in [0.15, 0.2) is 0 Å². The van der Waals surface area contributed by atoms with Gasteiger partial charge in [-0.3, -0.25) is 0 Å². The summed E-state index contributed by atoms with van der Waals surface area (Å²) < 4.78 is 0. The number of anilines is 1. The first-order chi connectivity index (χ1) is 6.84. The Morgan fingerprint density at radius 1 is 1.64 bits per heavy atom. The van der Waals surface area contributed by atoms with Crippen LogP contribution in [0.2, 0.25) is 0 Å². The molecule has 1 aliphatic rings. The molecule has 2 heterocycles. The average molecular weight is 191 g/mol. The smallest absolute Gasteiger partial charge is 0.126 e. The first-order valence-corrected chi connectivity index (χ1v) is 5.22. The molecule has 0 spiro atoms. The Labute approximate surface area is 84.9 Å². The van der Waals surface area contributed by atoms with Gasteiger partial charge in [0.05, 0.1) is 0 Å². The highest BCUT2D eigenvalue weighted by Gasteiger charge is 2.13. The van der Waals surface area contributed by atoms with E-state index in [1.807, 2.05) is 12.3 Å². The van der Waals surface area contributed by atoms with Gasteiger partial charge in [-0.2, -0.15) is 0 Å². The van der Waals surface area contributed by atoms with Gasteiger partial charge in [-0.25, -0.2) is 4.98 Å². The van der Waals surface area contributed by atoms with Gasteiger partial charge in [-0.1, -0.05) is 0 Å². The van der Waals surface area contributed by atoms with E-state index in [1.165, 1.54) is 12.0 Å². The number of hydrogen-bond donors (Lipinski definition) is 2. The third-order valence-electron chi connectivity index (χ3n) is 2.65. The van der Waals surface area contributed by atoms with E-state index < -0.39 is 0 Å². The molecule has 1 fully saturated rings. The summed E-state index contributed by atoms with van der Waals surface area (Å²) in [6.45, 7) is 5.42. The molecule has 1 aromatic heterocycles. The number of nitrogens with zero attached hydrogens (tertiary/aromatic N) is 1. The maximum absolute atomic E-state index is 4.27. The molecule has 3 heteroatoms. The number of hydrogen-bond acceptors (Lipinski definition) is 3. The van der Waals surface area contributed by atoms with E-state index in [-0.39, 0.29) is 0 Å². The molecule has 0 aromatic carbocycles. The third-order valence-corrected chi connectivity index (χ3v) is 2.65. The summed E-state index contributed by atoms with van der Waals surface area (Å²) in [6, 6.07) is 4.10. The molecule has 2 N–H and O–H groups in total. The fourth-order valence-electron chi connectivity index (χ4n) is 1.77. The van der Waals surface area contributed by atoms with Gasteiger partial charge in [-0.15, -0.1) is 0 Å². The van der Waals surface area contributed by atoms with Gasteiger partial charge in [-0.05, 0) is 50.0 Å². The van der Waals surface area contributed by atoms with Crippen molar-refractivity contribution in [1.29, 1.82) is 0 Å². The summed E-state index contributed by atoms with van der Waals surface area (Å²) in [6.07, 6.45) is 3.13. The predicted molar refractivity (Wildman–Crippen MR) is 58.4 cm³/mol. The highest BCUT2D eigenvalue weighted by Crippen LogP contribution is 2.10. The summed E-state index contributed by atoms with van der Waals surface area (Å²) in [5.41, 5.74) is 1.26. The van der Waals surface area contributed by atoms with Crippen LogP contribution in [0.3, 0.4) is 0 Å². The van der Waals surface area contributed by atoms with Crippen molar-refractivity contribution in [3.8, 4) is 0 Å². The average Bonchev–Trinajstić information content (AvgIpc) is 2.67. The zero-order valence-corrected chi connectivity index (χ0v) is 8.59. The van der Waals surface area contributed by atoms with Crippen LogP contribution < -0.4 is 10.6 Å². The van der Waals surface area contributed by atoms with Crippen molar-refractivity contribution in [2.24, 2.45) is 5.92 Å². The molecule has 0 aliphatic carbocycles. The molecule has 1 aliphatic heterocycles. The van der Waals surface area contributed by atoms with Crippen molar-refractivity contribution >= 4 is 5.82 Å². The molecule has 1 saturated heterocycles. The van der Waals surface area contributed by atoms with Crippen molar-refractivity contribution in [3.63, 3.8) is 0 Å². The van der Waals surface area contributed by atoms with Crippen molar-refractivity contribution < 1.29 is 0 Å². The predicted octanol–water partition coefficient (Wildman–Crippen LogP) is 1.41. The van der Waals surface area contributed by atoms with Crippen molar-refractivity contribution in [3.05, 3.63) is 23.9 Å². The van der Waals surface area contributed by atoms with Gasteiger partial charge in [0.2, 0.25) is 0 Å². The van der Waals surface area contributed by atoms with Gasteiger partial charge in [0.25, 0.3) is 0 Å². The van der Waals surface area contributed by atoms with Crippen LogP contribution in [0.5, 0.6) is 0 Å². The molecular weight excluding hydrogens is 174 g/mol. The van der Waals surface area contributed by atoms with Gasteiger partial charge >= 0.3 is 0 Å². The molecule has 1 atom stereocenters. The van der Waals surface area contributed by atoms with Crippen LogP contribution >= 0.6 is 0 Å². The van der Waals surface area contributed by atoms with Gasteiger partial charge in [0, 0.05) is 12.7 Å². The summed E-state index contributed by atoms with van der Waals surface area (Å²) in [7, 11) is 0. The Morgan fingerprint density at radius 3 is 3.29 bits per heavy atom. The minimum Gasteiger partial charge on any atom is -0.370 e. The zero-order chi connectivity index (χ0) is 9.80. The molecule has 3 nitrogen and oxygen atoms in total. The lowest BCUT2D eigenvalue weighted by atomic mass is 10.1. The Hall–Kier alpha value is -1.09. The lowest BCUT2D eigenvalue weighted by Gasteiger charge is -2.10. The molecule has 14 heavy (non-hydrogen) atoms. The second-order valence-electron chi connectivity index (χ2n) is 3.96. The first kappa shape index (κ1) is 9.46. The number of rotatable bonds is 3. The van der Waals surface area contributed by atoms with E-state index in [9.17, 15) is 0 Å². The number of aromatic nitrogens is 1. The van der Waals surface area contributed by atoms with E-state index in [2.05, 4.69) is 28.6 Å². The minimum absolute atomic E-state index is 0.761. The van der Waals surface area contributed by atoms with Crippen LogP contribution in [-0.2, 0) is 0 Å². The standard InChI is InChI=1S/C11H17N3/c1-9-2-5-13-11(6-9)14-8-10-3-4-12-7-10/h2,5-6,10,12H,3-4,7-8H2,1H3,(H,13,14)/t10-/m1/s1. The third kappa shape index (κ3) is 2.45. The van der Waals surface area contributed by atoms with E-state index in [0.717, 1.165) is 31.4 Å². The second kappa shape index (κ2) is 4.42. The molecule has 0 unspecified atom stereocenters. The Balaban J connectivity index is 1.85. The number of pyridine rings is 1. The zero-order valence-electron chi connectivity index (χ0n) is 8.59. The fraction of sp³-hybridized carbons (Fsp3) is 0.545. The summed E-state index contributed by atoms with van der Waals surface area (Å²) in [5.74, 6) is 1.76. The highest BCUT2D eigenvalue weighted by molar-refractivity contribution is 5.36. The molecule has 0 saturated carbocycles. The number of nitrogens with one attached hydrogen (secondary N) is 2. The maximum Gasteiger partial charge on any atom is 0.126 e. The quantitative estimate of drug-likeness (QED) is 0.758. The van der Waals surface area contributed by atoms with Gasteiger partial charge in [0.1, 0.15) is 5.82 Å². The topological polar surface area (TPSA) is 37.0 Å². The van der Waals surface area contributed by atoms with Crippen LogP contribution in [0, 0.1) is 12.8 Å². The lowest BCUT2D eigenvalue weighted by molar-refractivity contribution is 0.614. The Kier molecular flexibility index (Phi) is 2.99. The van der Waals surface area contributed by atoms with Crippen molar-refractivity contribution in [1.82, 2.24) is 10.3 Å². The Morgan fingerprint density at radius 2 is 2.57 bits per heavy atom. The van der Waals surface area contributed by atoms with Crippen LogP contribution in [-0.4, -0.2) is 24.6 Å². The van der Waals surface area contributed by atoms with Crippen LogP contribution in [0.15, 0.2) is 18.3 Å². The van der Waals surface area contributed by atoms with Crippen LogP contribution in [0.25, 0.3) is 0 Å². The minimum atomic E-state index is 0.761. The molecular formula is C11H17N3. The SMILES string of the molecule is Cc1ccnc(NC[C@@H]2CCNC2)c1. The summed E-state index contributed by atoms with van der Waals surface area (Å²) >= 11 is 0. The highest BCUT2D eigenvalue weighted by atomic mass is 15.0. The van der Waals surface area contributed by atoms with Crippen molar-refractivity contribution in [2.45, 2.75) is 13.3 Å². The molecule has 1 aromatic rings. The monoisotopic (exact) mass is 191 g/mol. The first-order valence-electron chi connectivity index (χ1n) is 5.22. The molecule has 0 amide bonds. The lowest BCUT2D eigenvalue weighted by Crippen LogP contribution is -2.17. The van der Waals surface area contributed by atoms with E-state index in [1.54, 1.807) is 0 Å². The normalized spacial score (nSPS) is 21.1. The van der Waals surface area contributed by atoms with Crippen LogP contribution in [0.1, 0.15) is 12.0 Å². The molecule has 0 radical (unpaired) electrons. The molecule has 2 rings (SSSR count). The second-order valence-corrected chi connectivity index (χ2v) is 3.96.